The van der Waals surface area contributed by atoms with E-state index in [2.05, 4.69) is 170 Å². The first kappa shape index (κ1) is 42.9. The Bertz CT molecular complexity index is 3870. The molecule has 0 amide bonds. The van der Waals surface area contributed by atoms with E-state index in [0.29, 0.717) is 34.9 Å². The number of benzene rings is 10. The minimum Gasteiger partial charge on any atom is -0.457 e. The number of ether oxygens (including phenoxy) is 1. The fraction of sp³-hybridized carbons (Fsp3) is 0.0149. The molecule has 10 aromatic carbocycles. The van der Waals surface area contributed by atoms with Crippen molar-refractivity contribution in [3.63, 3.8) is 0 Å². The summed E-state index contributed by atoms with van der Waals surface area (Å²) in [4.78, 5) is 32.0. The Labute approximate surface area is 428 Å². The molecule has 14 rings (SSSR count). The van der Waals surface area contributed by atoms with Crippen molar-refractivity contribution < 1.29 is 4.74 Å². The van der Waals surface area contributed by atoms with Crippen molar-refractivity contribution in [1.29, 1.82) is 0 Å². The van der Waals surface area contributed by atoms with Crippen molar-refractivity contribution >= 4 is 0 Å². The number of rotatable bonds is 8. The molecule has 74 heavy (non-hydrogen) atoms. The van der Waals surface area contributed by atoms with Gasteiger partial charge in [0.05, 0.1) is 5.41 Å². The number of para-hydroxylation sites is 2. The van der Waals surface area contributed by atoms with Crippen molar-refractivity contribution in [1.82, 2.24) is 29.9 Å². The van der Waals surface area contributed by atoms with Crippen LogP contribution < -0.4 is 4.74 Å². The van der Waals surface area contributed by atoms with Crippen molar-refractivity contribution in [3.05, 3.63) is 277 Å². The Morgan fingerprint density at radius 3 is 0.865 bits per heavy atom. The zero-order chi connectivity index (χ0) is 49.0. The summed E-state index contributed by atoms with van der Waals surface area (Å²) in [7, 11) is 0. The van der Waals surface area contributed by atoms with Gasteiger partial charge in [-0.05, 0) is 56.6 Å². The molecule has 0 fully saturated rings. The zero-order valence-electron chi connectivity index (χ0n) is 39.8. The fourth-order valence-electron chi connectivity index (χ4n) is 10.9. The predicted molar refractivity (Wildman–Crippen MR) is 294 cm³/mol. The van der Waals surface area contributed by atoms with E-state index >= 15 is 0 Å². The number of aromatic nitrogens is 6. The Morgan fingerprint density at radius 2 is 0.486 bits per heavy atom. The molecular weight excluding hydrogens is 905 g/mol. The highest BCUT2D eigenvalue weighted by Gasteiger charge is 2.52. The van der Waals surface area contributed by atoms with Gasteiger partial charge in [0.15, 0.2) is 34.9 Å². The van der Waals surface area contributed by atoms with Gasteiger partial charge >= 0.3 is 0 Å². The normalized spacial score (nSPS) is 12.5. The summed E-state index contributed by atoms with van der Waals surface area (Å²) < 4.78 is 6.79. The summed E-state index contributed by atoms with van der Waals surface area (Å²) >= 11 is 0. The van der Waals surface area contributed by atoms with Gasteiger partial charge in [0, 0.05) is 44.5 Å². The third-order valence-corrected chi connectivity index (χ3v) is 14.3. The topological polar surface area (TPSA) is 86.6 Å². The average Bonchev–Trinajstić information content (AvgIpc) is 3.80. The van der Waals surface area contributed by atoms with Gasteiger partial charge in [0.1, 0.15) is 11.5 Å². The van der Waals surface area contributed by atoms with E-state index in [9.17, 15) is 0 Å². The lowest BCUT2D eigenvalue weighted by atomic mass is 9.66. The summed E-state index contributed by atoms with van der Waals surface area (Å²) in [6, 6.07) is 87.9. The molecule has 0 saturated heterocycles. The third-order valence-electron chi connectivity index (χ3n) is 14.3. The molecular formula is C67H42N6O. The molecule has 7 heteroatoms. The van der Waals surface area contributed by atoms with Crippen molar-refractivity contribution in [3.8, 4) is 113 Å². The largest absolute Gasteiger partial charge is 0.457 e. The Kier molecular flexibility index (Phi) is 10.3. The number of fused-ring (bicyclic) bond motifs is 9. The van der Waals surface area contributed by atoms with Crippen LogP contribution in [0.2, 0.25) is 0 Å². The highest BCUT2D eigenvalue weighted by molar-refractivity contribution is 6.01. The minimum atomic E-state index is -0.821. The second kappa shape index (κ2) is 17.7. The second-order valence-electron chi connectivity index (χ2n) is 18.5. The summed E-state index contributed by atoms with van der Waals surface area (Å²) in [5.41, 5.74) is 15.1. The van der Waals surface area contributed by atoms with Crippen LogP contribution >= 0.6 is 0 Å². The predicted octanol–water partition coefficient (Wildman–Crippen LogP) is 15.9. The Morgan fingerprint density at radius 1 is 0.216 bits per heavy atom. The standard InChI is InChI=1S/C67H42N6O/c1-5-19-43(20-6-1)45-35-39-49(40-36-45)63-69-64(50-41-37-46(38-42-50)44-21-7-2-8-22-44)73-66(72-63)52-28-18-32-56-60(52)59-51(65-70-61(47-23-9-3-10-24-47)68-62(71-65)48-25-11-4-12-26-48)27-17-31-55(59)67(56)53-29-13-15-33-57(53)74-58-34-16-14-30-54(58)67/h1-42H. The van der Waals surface area contributed by atoms with Crippen LogP contribution in [0.4, 0.5) is 0 Å². The SMILES string of the molecule is c1ccc(-c2ccc(-c3nc(-c4ccc(-c5ccccc5)cc4)nc(-c4cccc5c4-c4c(-c6nc(-c7ccccc7)nc(-c7ccccc7)n6)cccc4C54c5ccccc5Oc5ccccc54)n3)cc2)cc1. The number of nitrogens with zero attached hydrogens (tertiary/aromatic N) is 6. The molecule has 346 valence electrons. The molecule has 2 aromatic heterocycles. The molecule has 2 aliphatic rings. The quantitative estimate of drug-likeness (QED) is 0.150. The van der Waals surface area contributed by atoms with Crippen molar-refractivity contribution in [2.75, 3.05) is 0 Å². The van der Waals surface area contributed by atoms with Crippen LogP contribution in [-0.2, 0) is 5.41 Å². The van der Waals surface area contributed by atoms with Gasteiger partial charge in [-0.1, -0.05) is 243 Å². The van der Waals surface area contributed by atoms with Gasteiger partial charge < -0.3 is 4.74 Å². The van der Waals surface area contributed by atoms with Gasteiger partial charge in [-0.25, -0.2) is 29.9 Å². The van der Waals surface area contributed by atoms with E-state index in [0.717, 1.165) is 101 Å². The van der Waals surface area contributed by atoms with E-state index in [1.165, 1.54) is 0 Å². The lowest BCUT2D eigenvalue weighted by Gasteiger charge is -2.39. The molecule has 0 saturated carbocycles. The molecule has 0 atom stereocenters. The van der Waals surface area contributed by atoms with Crippen LogP contribution in [0.15, 0.2) is 255 Å². The van der Waals surface area contributed by atoms with Gasteiger partial charge in [-0.3, -0.25) is 0 Å². The van der Waals surface area contributed by atoms with Crippen LogP contribution in [0.3, 0.4) is 0 Å². The minimum absolute atomic E-state index is 0.540. The maximum absolute atomic E-state index is 6.79. The second-order valence-corrected chi connectivity index (χ2v) is 18.5. The van der Waals surface area contributed by atoms with E-state index in [1.807, 2.05) is 84.9 Å². The summed E-state index contributed by atoms with van der Waals surface area (Å²) in [5, 5.41) is 0. The summed E-state index contributed by atoms with van der Waals surface area (Å²) in [5.74, 6) is 4.97. The Hall–Kier alpha value is -9.98. The van der Waals surface area contributed by atoms with E-state index in [1.54, 1.807) is 0 Å². The Balaban J connectivity index is 1.05. The van der Waals surface area contributed by atoms with Crippen LogP contribution in [0.5, 0.6) is 11.5 Å². The van der Waals surface area contributed by atoms with Gasteiger partial charge in [-0.2, -0.15) is 0 Å². The molecule has 12 aromatic rings. The maximum Gasteiger partial charge on any atom is 0.164 e. The van der Waals surface area contributed by atoms with Crippen LogP contribution in [0, 0.1) is 0 Å². The molecule has 0 bridgehead atoms. The zero-order valence-corrected chi connectivity index (χ0v) is 39.8. The van der Waals surface area contributed by atoms with E-state index in [-0.39, 0.29) is 0 Å². The number of hydrogen-bond acceptors (Lipinski definition) is 7. The monoisotopic (exact) mass is 946 g/mol. The first-order valence-corrected chi connectivity index (χ1v) is 24.8. The number of hydrogen-bond donors (Lipinski definition) is 0. The first-order chi connectivity index (χ1) is 36.7. The third kappa shape index (κ3) is 7.13. The van der Waals surface area contributed by atoms with Gasteiger partial charge in [0.2, 0.25) is 0 Å². The molecule has 0 N–H and O–H groups in total. The van der Waals surface area contributed by atoms with E-state index < -0.39 is 5.41 Å². The highest BCUT2D eigenvalue weighted by Crippen LogP contribution is 2.64. The lowest BCUT2D eigenvalue weighted by Crippen LogP contribution is -2.32. The maximum atomic E-state index is 6.79. The first-order valence-electron chi connectivity index (χ1n) is 24.8. The smallest absolute Gasteiger partial charge is 0.164 e. The molecule has 1 aliphatic heterocycles. The molecule has 7 nitrogen and oxygen atoms in total. The van der Waals surface area contributed by atoms with Crippen LogP contribution in [0.25, 0.3) is 102 Å². The van der Waals surface area contributed by atoms with Gasteiger partial charge in [0.25, 0.3) is 0 Å². The van der Waals surface area contributed by atoms with Crippen molar-refractivity contribution in [2.45, 2.75) is 5.41 Å². The summed E-state index contributed by atoms with van der Waals surface area (Å²) in [6.07, 6.45) is 0. The molecule has 1 spiro atoms. The summed E-state index contributed by atoms with van der Waals surface area (Å²) in [6.45, 7) is 0. The van der Waals surface area contributed by atoms with Gasteiger partial charge in [-0.15, -0.1) is 0 Å². The van der Waals surface area contributed by atoms with E-state index in [4.69, 9.17) is 34.6 Å². The molecule has 3 heterocycles. The average molecular weight is 947 g/mol. The molecule has 1 aliphatic carbocycles. The fourth-order valence-corrected chi connectivity index (χ4v) is 10.9. The molecule has 0 unspecified atom stereocenters. The molecule has 0 radical (unpaired) electrons. The van der Waals surface area contributed by atoms with Crippen molar-refractivity contribution in [2.24, 2.45) is 0 Å². The highest BCUT2D eigenvalue weighted by atomic mass is 16.5. The lowest BCUT2D eigenvalue weighted by molar-refractivity contribution is 0.436. The van der Waals surface area contributed by atoms with Crippen LogP contribution in [0.1, 0.15) is 22.3 Å². The van der Waals surface area contributed by atoms with Crippen LogP contribution in [-0.4, -0.2) is 29.9 Å².